The second-order valence-corrected chi connectivity index (χ2v) is 4.60. The zero-order valence-electron chi connectivity index (χ0n) is 10.8. The van der Waals surface area contributed by atoms with E-state index in [4.69, 9.17) is 16.1 Å². The molecule has 0 spiro atoms. The van der Waals surface area contributed by atoms with Gasteiger partial charge in [0.15, 0.2) is 5.82 Å². The average molecular weight is 281 g/mol. The Labute approximate surface area is 115 Å². The maximum Gasteiger partial charge on any atom is 0.257 e. The third kappa shape index (κ3) is 3.23. The highest BCUT2D eigenvalue weighted by molar-refractivity contribution is 6.30. The second-order valence-electron chi connectivity index (χ2n) is 4.21. The van der Waals surface area contributed by atoms with Crippen LogP contribution in [-0.2, 0) is 0 Å². The number of aromatic nitrogens is 2. The van der Waals surface area contributed by atoms with Crippen LogP contribution in [0, 0.1) is 6.92 Å². The summed E-state index contributed by atoms with van der Waals surface area (Å²) in [5.41, 5.74) is 0.407. The molecule has 0 fully saturated rings. The molecule has 0 atom stereocenters. The van der Waals surface area contributed by atoms with Gasteiger partial charge in [0.25, 0.3) is 5.91 Å². The predicted octanol–water partition coefficient (Wildman–Crippen LogP) is 2.35. The first-order valence-corrected chi connectivity index (χ1v) is 5.93. The first kappa shape index (κ1) is 13.4. The highest BCUT2D eigenvalue weighted by Gasteiger charge is 2.12. The number of anilines is 2. The van der Waals surface area contributed by atoms with Gasteiger partial charge in [-0.15, -0.1) is 0 Å². The number of pyridine rings is 1. The summed E-state index contributed by atoms with van der Waals surface area (Å²) in [5, 5.41) is 6.58. The molecule has 0 saturated heterocycles. The molecule has 2 aromatic heterocycles. The molecule has 2 rings (SSSR count). The zero-order valence-corrected chi connectivity index (χ0v) is 11.5. The summed E-state index contributed by atoms with van der Waals surface area (Å²) in [6.07, 6.45) is 0. The Kier molecular flexibility index (Phi) is 3.71. The van der Waals surface area contributed by atoms with Gasteiger partial charge in [-0.2, -0.15) is 0 Å². The molecule has 7 heteroatoms. The van der Waals surface area contributed by atoms with Crippen LogP contribution in [0.3, 0.4) is 0 Å². The lowest BCUT2D eigenvalue weighted by Crippen LogP contribution is -2.15. The first-order valence-electron chi connectivity index (χ1n) is 5.55. The van der Waals surface area contributed by atoms with Crippen molar-refractivity contribution >= 4 is 29.1 Å². The van der Waals surface area contributed by atoms with Crippen molar-refractivity contribution in [2.45, 2.75) is 6.92 Å². The lowest BCUT2D eigenvalue weighted by Gasteiger charge is -2.12. The summed E-state index contributed by atoms with van der Waals surface area (Å²) in [7, 11) is 3.64. The van der Waals surface area contributed by atoms with Crippen molar-refractivity contribution < 1.29 is 9.32 Å². The molecule has 19 heavy (non-hydrogen) atoms. The Morgan fingerprint density at radius 1 is 1.37 bits per heavy atom. The summed E-state index contributed by atoms with van der Waals surface area (Å²) in [5.74, 6) is 1.27. The summed E-state index contributed by atoms with van der Waals surface area (Å²) < 4.78 is 4.88. The summed E-state index contributed by atoms with van der Waals surface area (Å²) in [6.45, 7) is 1.75. The Hall–Kier alpha value is -2.08. The Morgan fingerprint density at radius 2 is 2.11 bits per heavy atom. The van der Waals surface area contributed by atoms with Crippen LogP contribution in [0.4, 0.5) is 11.6 Å². The summed E-state index contributed by atoms with van der Waals surface area (Å²) in [4.78, 5) is 17.9. The van der Waals surface area contributed by atoms with Crippen molar-refractivity contribution in [3.8, 4) is 0 Å². The molecule has 0 radical (unpaired) electrons. The van der Waals surface area contributed by atoms with Crippen LogP contribution in [0.2, 0.25) is 5.15 Å². The van der Waals surface area contributed by atoms with E-state index >= 15 is 0 Å². The average Bonchev–Trinajstić information content (AvgIpc) is 2.73. The number of rotatable bonds is 3. The number of amides is 1. The molecule has 6 nitrogen and oxygen atoms in total. The molecule has 0 aliphatic heterocycles. The first-order chi connectivity index (χ1) is 8.95. The molecule has 1 N–H and O–H groups in total. The zero-order chi connectivity index (χ0) is 14.0. The molecule has 2 aromatic rings. The van der Waals surface area contributed by atoms with Crippen molar-refractivity contribution in [1.29, 1.82) is 0 Å². The third-order valence-corrected chi connectivity index (χ3v) is 2.56. The minimum atomic E-state index is -0.319. The van der Waals surface area contributed by atoms with Gasteiger partial charge in [0.2, 0.25) is 0 Å². The van der Waals surface area contributed by atoms with Crippen molar-refractivity contribution in [2.24, 2.45) is 0 Å². The third-order valence-electron chi connectivity index (χ3n) is 2.37. The number of nitrogens with one attached hydrogen (secondary N) is 1. The maximum atomic E-state index is 12.1. The highest BCUT2D eigenvalue weighted by Crippen LogP contribution is 2.18. The van der Waals surface area contributed by atoms with E-state index in [2.05, 4.69) is 15.5 Å². The van der Waals surface area contributed by atoms with Gasteiger partial charge in [0.1, 0.15) is 16.7 Å². The van der Waals surface area contributed by atoms with Crippen LogP contribution in [0.15, 0.2) is 22.7 Å². The van der Waals surface area contributed by atoms with Crippen molar-refractivity contribution in [3.63, 3.8) is 0 Å². The van der Waals surface area contributed by atoms with E-state index < -0.39 is 0 Å². The van der Waals surface area contributed by atoms with Gasteiger partial charge >= 0.3 is 0 Å². The standard InChI is InChI=1S/C12H13ClN4O2/c1-7-4-10(16-19-7)15-12(18)8-5-9(13)14-11(6-8)17(2)3/h4-6H,1-3H3,(H,15,16,18). The topological polar surface area (TPSA) is 71.3 Å². The monoisotopic (exact) mass is 280 g/mol. The van der Waals surface area contributed by atoms with E-state index in [9.17, 15) is 4.79 Å². The van der Waals surface area contributed by atoms with Crippen LogP contribution >= 0.6 is 11.6 Å². The van der Waals surface area contributed by atoms with Crippen LogP contribution in [0.1, 0.15) is 16.1 Å². The molecular formula is C12H13ClN4O2. The number of halogens is 1. The minimum Gasteiger partial charge on any atom is -0.363 e. The fourth-order valence-electron chi connectivity index (χ4n) is 1.46. The van der Waals surface area contributed by atoms with Gasteiger partial charge in [0, 0.05) is 25.7 Å². The summed E-state index contributed by atoms with van der Waals surface area (Å²) in [6, 6.07) is 4.78. The van der Waals surface area contributed by atoms with Crippen molar-refractivity contribution in [3.05, 3.63) is 34.7 Å². The van der Waals surface area contributed by atoms with Crippen LogP contribution in [0.5, 0.6) is 0 Å². The molecule has 100 valence electrons. The van der Waals surface area contributed by atoms with Gasteiger partial charge in [0.05, 0.1) is 0 Å². The van der Waals surface area contributed by atoms with Crippen molar-refractivity contribution in [1.82, 2.24) is 10.1 Å². The number of carbonyl (C=O) groups excluding carboxylic acids is 1. The number of carbonyl (C=O) groups is 1. The molecular weight excluding hydrogens is 268 g/mol. The van der Waals surface area contributed by atoms with Crippen LogP contribution in [0.25, 0.3) is 0 Å². The molecule has 0 aromatic carbocycles. The number of hydrogen-bond acceptors (Lipinski definition) is 5. The normalized spacial score (nSPS) is 10.3. The largest absolute Gasteiger partial charge is 0.363 e. The van der Waals surface area contributed by atoms with Gasteiger partial charge in [-0.3, -0.25) is 4.79 Å². The molecule has 2 heterocycles. The quantitative estimate of drug-likeness (QED) is 0.874. The van der Waals surface area contributed by atoms with E-state index in [1.165, 1.54) is 6.07 Å². The van der Waals surface area contributed by atoms with Gasteiger partial charge in [-0.1, -0.05) is 16.8 Å². The van der Waals surface area contributed by atoms with Gasteiger partial charge < -0.3 is 14.7 Å². The SMILES string of the molecule is Cc1cc(NC(=O)c2cc(Cl)nc(N(C)C)c2)no1. The number of hydrogen-bond donors (Lipinski definition) is 1. The van der Waals surface area contributed by atoms with E-state index in [0.29, 0.717) is 23.0 Å². The fraction of sp³-hybridized carbons (Fsp3) is 0.250. The van der Waals surface area contributed by atoms with E-state index in [1.807, 2.05) is 14.1 Å². The molecule has 0 unspecified atom stereocenters. The molecule has 0 saturated carbocycles. The molecule has 0 aliphatic rings. The molecule has 0 aliphatic carbocycles. The summed E-state index contributed by atoms with van der Waals surface area (Å²) >= 11 is 5.89. The predicted molar refractivity (Wildman–Crippen MR) is 72.8 cm³/mol. The van der Waals surface area contributed by atoms with Crippen LogP contribution in [-0.4, -0.2) is 30.1 Å². The van der Waals surface area contributed by atoms with E-state index in [-0.39, 0.29) is 11.1 Å². The molecule has 1 amide bonds. The fourth-order valence-corrected chi connectivity index (χ4v) is 1.66. The number of nitrogens with zero attached hydrogens (tertiary/aromatic N) is 3. The van der Waals surface area contributed by atoms with Gasteiger partial charge in [-0.05, 0) is 19.1 Å². The van der Waals surface area contributed by atoms with E-state index in [1.54, 1.807) is 24.0 Å². The second kappa shape index (κ2) is 5.27. The Bertz CT molecular complexity index is 610. The lowest BCUT2D eigenvalue weighted by atomic mass is 10.2. The Morgan fingerprint density at radius 3 is 2.68 bits per heavy atom. The van der Waals surface area contributed by atoms with Gasteiger partial charge in [-0.25, -0.2) is 4.98 Å². The minimum absolute atomic E-state index is 0.257. The van der Waals surface area contributed by atoms with Crippen molar-refractivity contribution in [2.75, 3.05) is 24.3 Å². The number of aryl methyl sites for hydroxylation is 1. The highest BCUT2D eigenvalue weighted by atomic mass is 35.5. The lowest BCUT2D eigenvalue weighted by molar-refractivity contribution is 0.102. The molecule has 0 bridgehead atoms. The van der Waals surface area contributed by atoms with E-state index in [0.717, 1.165) is 0 Å². The Balaban J connectivity index is 2.23. The smallest absolute Gasteiger partial charge is 0.257 e. The maximum absolute atomic E-state index is 12.1. The van der Waals surface area contributed by atoms with Crippen LogP contribution < -0.4 is 10.2 Å².